The molecule has 0 aromatic carbocycles. The van der Waals surface area contributed by atoms with Crippen molar-refractivity contribution >= 4 is 19.8 Å². The molecule has 3 N–H and O–H groups in total. The lowest BCUT2D eigenvalue weighted by Crippen LogP contribution is -2.29. The number of rotatable bonds is 44. The van der Waals surface area contributed by atoms with Crippen LogP contribution in [0.15, 0.2) is 36.5 Å². The standard InChI is InChI=1S/C47H88NO8P/c1-3-5-7-9-11-13-15-17-19-20-21-22-23-24-26-28-30-32-34-36-38-40-47(50)56-45(44-55-57(51,52)54-42-41-48)43-53-46(49)39-37-35-33-31-29-27-25-18-16-14-12-10-8-6-4-2/h6,8,12,14,18,25,45H,3-5,7,9-11,13,15-17,19-24,26-44,48H2,1-2H3,(H,51,52)/b8-6+,14-12+,25-18+/t45-/m1/s1. The van der Waals surface area contributed by atoms with E-state index in [2.05, 4.69) is 50.3 Å². The summed E-state index contributed by atoms with van der Waals surface area (Å²) in [5.74, 6) is -0.840. The van der Waals surface area contributed by atoms with Crippen molar-refractivity contribution in [3.8, 4) is 0 Å². The molecule has 57 heavy (non-hydrogen) atoms. The maximum absolute atomic E-state index is 12.6. The van der Waals surface area contributed by atoms with Crippen LogP contribution < -0.4 is 5.73 Å². The first-order valence-electron chi connectivity index (χ1n) is 23.5. The van der Waals surface area contributed by atoms with Crippen molar-refractivity contribution in [2.45, 2.75) is 225 Å². The predicted octanol–water partition coefficient (Wildman–Crippen LogP) is 13.7. The van der Waals surface area contributed by atoms with Crippen molar-refractivity contribution in [3.63, 3.8) is 0 Å². The van der Waals surface area contributed by atoms with Crippen molar-refractivity contribution < 1.29 is 37.6 Å². The molecule has 0 bridgehead atoms. The van der Waals surface area contributed by atoms with E-state index in [0.29, 0.717) is 12.8 Å². The maximum atomic E-state index is 12.6. The van der Waals surface area contributed by atoms with Crippen LogP contribution in [-0.2, 0) is 32.7 Å². The number of hydrogen-bond acceptors (Lipinski definition) is 8. The molecule has 9 nitrogen and oxygen atoms in total. The molecule has 0 spiro atoms. The molecule has 0 aliphatic heterocycles. The Kier molecular flexibility index (Phi) is 42.4. The first-order valence-corrected chi connectivity index (χ1v) is 25.0. The van der Waals surface area contributed by atoms with Gasteiger partial charge in [-0.2, -0.15) is 0 Å². The van der Waals surface area contributed by atoms with Crippen LogP contribution in [0.3, 0.4) is 0 Å². The van der Waals surface area contributed by atoms with E-state index in [9.17, 15) is 19.0 Å². The monoisotopic (exact) mass is 826 g/mol. The summed E-state index contributed by atoms with van der Waals surface area (Å²) in [6, 6.07) is 0. The molecule has 0 heterocycles. The van der Waals surface area contributed by atoms with Crippen LogP contribution in [0, 0.1) is 0 Å². The van der Waals surface area contributed by atoms with Gasteiger partial charge in [0.2, 0.25) is 0 Å². The van der Waals surface area contributed by atoms with Gasteiger partial charge in [0.1, 0.15) is 6.61 Å². The minimum absolute atomic E-state index is 0.0515. The van der Waals surface area contributed by atoms with E-state index in [-0.39, 0.29) is 32.6 Å². The fraction of sp³-hybridized carbons (Fsp3) is 0.830. The third-order valence-electron chi connectivity index (χ3n) is 10.0. The number of allylic oxidation sites excluding steroid dienone is 6. The highest BCUT2D eigenvalue weighted by Crippen LogP contribution is 2.43. The van der Waals surface area contributed by atoms with Gasteiger partial charge in [-0.05, 0) is 44.9 Å². The van der Waals surface area contributed by atoms with Crippen molar-refractivity contribution in [2.75, 3.05) is 26.4 Å². The number of carbonyl (C=O) groups is 2. The summed E-state index contributed by atoms with van der Waals surface area (Å²) in [6.07, 6.45) is 48.9. The molecular formula is C47H88NO8P. The van der Waals surface area contributed by atoms with E-state index in [1.54, 1.807) is 0 Å². The zero-order chi connectivity index (χ0) is 41.8. The number of hydrogen-bond donors (Lipinski definition) is 2. The van der Waals surface area contributed by atoms with Gasteiger partial charge in [-0.3, -0.25) is 18.6 Å². The molecule has 0 saturated carbocycles. The van der Waals surface area contributed by atoms with Crippen LogP contribution >= 0.6 is 7.82 Å². The number of phosphoric acid groups is 1. The Labute approximate surface area is 350 Å². The Morgan fingerprint density at radius 1 is 0.544 bits per heavy atom. The van der Waals surface area contributed by atoms with E-state index in [4.69, 9.17) is 24.3 Å². The van der Waals surface area contributed by atoms with Crippen LogP contribution in [0.4, 0.5) is 0 Å². The van der Waals surface area contributed by atoms with Gasteiger partial charge in [-0.15, -0.1) is 0 Å². The molecule has 10 heteroatoms. The number of carbonyl (C=O) groups excluding carboxylic acids is 2. The fourth-order valence-corrected chi connectivity index (χ4v) is 7.36. The number of unbranched alkanes of at least 4 members (excludes halogenated alkanes) is 25. The Morgan fingerprint density at radius 2 is 0.965 bits per heavy atom. The van der Waals surface area contributed by atoms with E-state index >= 15 is 0 Å². The third kappa shape index (κ3) is 43.6. The first kappa shape index (κ1) is 55.2. The molecule has 0 rings (SSSR count). The summed E-state index contributed by atoms with van der Waals surface area (Å²) in [5.41, 5.74) is 5.35. The van der Waals surface area contributed by atoms with E-state index in [0.717, 1.165) is 64.2 Å². The van der Waals surface area contributed by atoms with Gasteiger partial charge in [0, 0.05) is 19.4 Å². The first-order chi connectivity index (χ1) is 27.8. The number of nitrogens with two attached hydrogens (primary N) is 1. The van der Waals surface area contributed by atoms with Crippen molar-refractivity contribution in [3.05, 3.63) is 36.5 Å². The Balaban J connectivity index is 4.07. The van der Waals surface area contributed by atoms with Gasteiger partial charge in [0.15, 0.2) is 6.10 Å². The van der Waals surface area contributed by atoms with Crippen LogP contribution in [0.25, 0.3) is 0 Å². The van der Waals surface area contributed by atoms with Gasteiger partial charge in [0.05, 0.1) is 13.2 Å². The van der Waals surface area contributed by atoms with Crippen molar-refractivity contribution in [1.29, 1.82) is 0 Å². The minimum Gasteiger partial charge on any atom is -0.462 e. The van der Waals surface area contributed by atoms with E-state index in [1.807, 2.05) is 0 Å². The number of phosphoric ester groups is 1. The van der Waals surface area contributed by atoms with Gasteiger partial charge < -0.3 is 20.1 Å². The lowest BCUT2D eigenvalue weighted by Gasteiger charge is -2.19. The molecule has 0 fully saturated rings. The van der Waals surface area contributed by atoms with Crippen molar-refractivity contribution in [1.82, 2.24) is 0 Å². The number of ether oxygens (including phenoxy) is 2. The maximum Gasteiger partial charge on any atom is 0.472 e. The highest BCUT2D eigenvalue weighted by atomic mass is 31.2. The second-order valence-electron chi connectivity index (χ2n) is 15.6. The second kappa shape index (κ2) is 43.8. The highest BCUT2D eigenvalue weighted by molar-refractivity contribution is 7.47. The minimum atomic E-state index is -4.38. The third-order valence-corrected chi connectivity index (χ3v) is 11.0. The summed E-state index contributed by atoms with van der Waals surface area (Å²) in [4.78, 5) is 34.9. The Bertz CT molecular complexity index is 1030. The molecule has 1 unspecified atom stereocenters. The quantitative estimate of drug-likeness (QED) is 0.0266. The Morgan fingerprint density at radius 3 is 1.44 bits per heavy atom. The van der Waals surface area contributed by atoms with Crippen LogP contribution in [-0.4, -0.2) is 49.3 Å². The SMILES string of the molecule is CC/C=C/C/C=C/C/C=C/CCCCCCCC(=O)OC[C@H](COP(=O)(O)OCCN)OC(=O)CCCCCCCCCCCCCCCCCCCCCCC. The van der Waals surface area contributed by atoms with Crippen LogP contribution in [0.5, 0.6) is 0 Å². The zero-order valence-electron chi connectivity index (χ0n) is 36.8. The summed E-state index contributed by atoms with van der Waals surface area (Å²) < 4.78 is 32.8. The normalized spacial score (nSPS) is 13.5. The van der Waals surface area contributed by atoms with Crippen molar-refractivity contribution in [2.24, 2.45) is 5.73 Å². The molecule has 0 saturated heterocycles. The molecule has 0 radical (unpaired) electrons. The molecule has 0 aromatic heterocycles. The molecule has 0 aliphatic rings. The van der Waals surface area contributed by atoms with Gasteiger partial charge >= 0.3 is 19.8 Å². The van der Waals surface area contributed by atoms with Crippen LogP contribution in [0.2, 0.25) is 0 Å². The lowest BCUT2D eigenvalue weighted by atomic mass is 10.0. The smallest absolute Gasteiger partial charge is 0.462 e. The molecular weight excluding hydrogens is 737 g/mol. The number of esters is 2. The average Bonchev–Trinajstić information content (AvgIpc) is 3.20. The molecule has 0 aromatic rings. The molecule has 2 atom stereocenters. The predicted molar refractivity (Wildman–Crippen MR) is 238 cm³/mol. The largest absolute Gasteiger partial charge is 0.472 e. The molecule has 0 amide bonds. The summed E-state index contributed by atoms with van der Waals surface area (Å²) >= 11 is 0. The van der Waals surface area contributed by atoms with Gasteiger partial charge in [-0.1, -0.05) is 198 Å². The van der Waals surface area contributed by atoms with E-state index < -0.39 is 32.5 Å². The second-order valence-corrected chi connectivity index (χ2v) is 17.1. The summed E-state index contributed by atoms with van der Waals surface area (Å²) in [6.45, 7) is 3.63. The topological polar surface area (TPSA) is 134 Å². The molecule has 334 valence electrons. The van der Waals surface area contributed by atoms with Gasteiger partial charge in [-0.25, -0.2) is 4.57 Å². The highest BCUT2D eigenvalue weighted by Gasteiger charge is 2.26. The lowest BCUT2D eigenvalue weighted by molar-refractivity contribution is -0.161. The summed E-state index contributed by atoms with van der Waals surface area (Å²) in [5, 5.41) is 0. The molecule has 0 aliphatic carbocycles. The average molecular weight is 826 g/mol. The Hall–Kier alpha value is -1.77. The summed E-state index contributed by atoms with van der Waals surface area (Å²) in [7, 11) is -4.38. The van der Waals surface area contributed by atoms with Gasteiger partial charge in [0.25, 0.3) is 0 Å². The fourth-order valence-electron chi connectivity index (χ4n) is 6.59. The van der Waals surface area contributed by atoms with E-state index in [1.165, 1.54) is 116 Å². The zero-order valence-corrected chi connectivity index (χ0v) is 37.7. The van der Waals surface area contributed by atoms with Crippen LogP contribution in [0.1, 0.15) is 219 Å².